The highest BCUT2D eigenvalue weighted by Crippen LogP contribution is 2.37. The van der Waals surface area contributed by atoms with Crippen molar-refractivity contribution in [1.29, 1.82) is 0 Å². The lowest BCUT2D eigenvalue weighted by atomic mass is 9.99. The number of thiazole rings is 1. The molecule has 5 rings (SSSR count). The molecule has 1 aliphatic rings. The number of aryl methyl sites for hydroxylation is 1. The Morgan fingerprint density at radius 2 is 2.06 bits per heavy atom. The van der Waals surface area contributed by atoms with Gasteiger partial charge in [-0.25, -0.2) is 9.38 Å². The van der Waals surface area contributed by atoms with Crippen molar-refractivity contribution in [2.45, 2.75) is 51.2 Å². The summed E-state index contributed by atoms with van der Waals surface area (Å²) < 4.78 is 40.0. The van der Waals surface area contributed by atoms with Crippen molar-refractivity contribution < 1.29 is 23.0 Å². The first-order valence-electron chi connectivity index (χ1n) is 12.2. The van der Waals surface area contributed by atoms with E-state index in [2.05, 4.69) is 4.98 Å². The van der Waals surface area contributed by atoms with Crippen LogP contribution < -0.4 is 10.3 Å². The molecule has 190 valence electrons. The van der Waals surface area contributed by atoms with Crippen molar-refractivity contribution in [3.63, 3.8) is 0 Å². The summed E-state index contributed by atoms with van der Waals surface area (Å²) in [5, 5.41) is 0. The van der Waals surface area contributed by atoms with Gasteiger partial charge in [0.1, 0.15) is 21.7 Å². The Morgan fingerprint density at radius 1 is 1.25 bits per heavy atom. The minimum Gasteiger partial charge on any atom is -0.496 e. The van der Waals surface area contributed by atoms with E-state index >= 15 is 4.39 Å². The second-order valence-electron chi connectivity index (χ2n) is 8.83. The van der Waals surface area contributed by atoms with Crippen LogP contribution in [0.15, 0.2) is 52.0 Å². The largest absolute Gasteiger partial charge is 0.496 e. The molecular formula is C27H29FN2O5S. The highest BCUT2D eigenvalue weighted by Gasteiger charge is 2.27. The molecule has 0 spiro atoms. The average Bonchev–Trinajstić information content (AvgIpc) is 3.55. The summed E-state index contributed by atoms with van der Waals surface area (Å²) in [6.07, 6.45) is 5.92. The van der Waals surface area contributed by atoms with Gasteiger partial charge in [-0.2, -0.15) is 4.39 Å². The fourth-order valence-electron chi connectivity index (χ4n) is 4.71. The topological polar surface area (TPSA) is 75.2 Å². The number of hydrogen-bond donors (Lipinski definition) is 0. The van der Waals surface area contributed by atoms with Crippen molar-refractivity contribution in [3.8, 4) is 16.5 Å². The minimum atomic E-state index is -0.652. The molecule has 0 unspecified atom stereocenters. The van der Waals surface area contributed by atoms with Crippen LogP contribution >= 0.6 is 11.3 Å². The number of ether oxygens (including phenoxy) is 3. The molecule has 1 fully saturated rings. The zero-order valence-electron chi connectivity index (χ0n) is 20.4. The summed E-state index contributed by atoms with van der Waals surface area (Å²) >= 11 is 1.17. The Morgan fingerprint density at radius 3 is 2.78 bits per heavy atom. The fourth-order valence-corrected chi connectivity index (χ4v) is 5.80. The maximum Gasteiger partial charge on any atom is 0.261 e. The van der Waals surface area contributed by atoms with Crippen molar-refractivity contribution in [2.24, 2.45) is 0 Å². The Balaban J connectivity index is 1.63. The van der Waals surface area contributed by atoms with Crippen LogP contribution in [0.1, 0.15) is 49.0 Å². The highest BCUT2D eigenvalue weighted by molar-refractivity contribution is 7.20. The molecule has 36 heavy (non-hydrogen) atoms. The molecule has 3 aromatic heterocycles. The number of methoxy groups -OCH3 is 1. The van der Waals surface area contributed by atoms with E-state index in [1.165, 1.54) is 23.8 Å². The molecule has 9 heteroatoms. The Hall–Kier alpha value is -3.01. The van der Waals surface area contributed by atoms with Gasteiger partial charge in [-0.1, -0.05) is 31.5 Å². The molecule has 0 N–H and O–H groups in total. The molecule has 1 aliphatic heterocycles. The maximum atomic E-state index is 15.6. The van der Waals surface area contributed by atoms with Crippen LogP contribution in [0, 0.1) is 5.95 Å². The molecule has 4 aromatic rings. The predicted molar refractivity (Wildman–Crippen MR) is 135 cm³/mol. The third kappa shape index (κ3) is 4.83. The van der Waals surface area contributed by atoms with Gasteiger partial charge in [-0.3, -0.25) is 4.79 Å². The highest BCUT2D eigenvalue weighted by atomic mass is 32.1. The zero-order valence-corrected chi connectivity index (χ0v) is 21.2. The summed E-state index contributed by atoms with van der Waals surface area (Å²) in [6.45, 7) is 3.32. The van der Waals surface area contributed by atoms with E-state index in [-0.39, 0.29) is 28.5 Å². The van der Waals surface area contributed by atoms with Crippen LogP contribution in [0.25, 0.3) is 15.6 Å². The lowest BCUT2D eigenvalue weighted by Crippen LogP contribution is -2.27. The number of rotatable bonds is 9. The van der Waals surface area contributed by atoms with Crippen LogP contribution in [0.3, 0.4) is 0 Å². The van der Waals surface area contributed by atoms with Crippen LogP contribution in [0.4, 0.5) is 4.39 Å². The van der Waals surface area contributed by atoms with E-state index in [1.54, 1.807) is 7.11 Å². The number of fused-ring (bicyclic) bond motifs is 1. The number of halogens is 1. The number of oxazole rings is 1. The molecule has 1 atom stereocenters. The Kier molecular flexibility index (Phi) is 7.50. The number of hydrogen-bond acceptors (Lipinski definition) is 7. The molecule has 1 aromatic carbocycles. The van der Waals surface area contributed by atoms with Gasteiger partial charge in [0.15, 0.2) is 0 Å². The molecule has 0 saturated carbocycles. The quantitative estimate of drug-likeness (QED) is 0.291. The average molecular weight is 513 g/mol. The summed E-state index contributed by atoms with van der Waals surface area (Å²) in [5.41, 5.74) is 1.98. The van der Waals surface area contributed by atoms with Gasteiger partial charge in [-0.15, -0.1) is 11.3 Å². The SMILES string of the molecule is CCCc1cc(C[C@H](OC2CCOCC2)c2ccccc2OC)c2sc(-c3ncco3)c(F)n2c1=O. The van der Waals surface area contributed by atoms with E-state index in [0.717, 1.165) is 40.5 Å². The van der Waals surface area contributed by atoms with E-state index in [1.807, 2.05) is 37.3 Å². The molecule has 4 heterocycles. The zero-order chi connectivity index (χ0) is 25.1. The van der Waals surface area contributed by atoms with Gasteiger partial charge < -0.3 is 18.6 Å². The summed E-state index contributed by atoms with van der Waals surface area (Å²) in [4.78, 5) is 18.1. The standard InChI is InChI=1S/C27H29FN2O5S/c1-3-6-17-15-18(27-30(26(17)31)24(28)23(36-27)25-29-11-14-34-25)16-22(35-19-9-12-33-13-10-19)20-7-4-5-8-21(20)32-2/h4-5,7-8,11,14-15,19,22H,3,6,9-10,12-13,16H2,1-2H3/t22-/m0/s1. The summed E-state index contributed by atoms with van der Waals surface area (Å²) in [5.74, 6) is 0.231. The monoisotopic (exact) mass is 512 g/mol. The Labute approximate surface area is 212 Å². The first-order chi connectivity index (χ1) is 17.6. The van der Waals surface area contributed by atoms with Gasteiger partial charge in [0.25, 0.3) is 5.56 Å². The van der Waals surface area contributed by atoms with Gasteiger partial charge in [0.05, 0.1) is 25.5 Å². The van der Waals surface area contributed by atoms with E-state index in [0.29, 0.717) is 36.4 Å². The van der Waals surface area contributed by atoms with Crippen LogP contribution in [-0.4, -0.2) is 35.8 Å². The van der Waals surface area contributed by atoms with Gasteiger partial charge in [-0.05, 0) is 37.0 Å². The summed E-state index contributed by atoms with van der Waals surface area (Å²) in [7, 11) is 1.64. The van der Waals surface area contributed by atoms with Crippen LogP contribution in [0.5, 0.6) is 5.75 Å². The van der Waals surface area contributed by atoms with Gasteiger partial charge in [0, 0.05) is 30.8 Å². The number of benzene rings is 1. The van der Waals surface area contributed by atoms with Gasteiger partial charge in [0.2, 0.25) is 11.8 Å². The van der Waals surface area contributed by atoms with Crippen molar-refractivity contribution in [2.75, 3.05) is 20.3 Å². The molecule has 0 amide bonds. The minimum absolute atomic E-state index is 0.0358. The molecule has 1 saturated heterocycles. The third-order valence-corrected chi connectivity index (χ3v) is 7.63. The Bertz CT molecular complexity index is 1380. The van der Waals surface area contributed by atoms with E-state index in [9.17, 15) is 4.79 Å². The van der Waals surface area contributed by atoms with Crippen molar-refractivity contribution in [3.05, 3.63) is 75.8 Å². The lowest BCUT2D eigenvalue weighted by Gasteiger charge is -2.29. The number of aromatic nitrogens is 2. The summed E-state index contributed by atoms with van der Waals surface area (Å²) in [6, 6.07) is 9.69. The first-order valence-corrected chi connectivity index (χ1v) is 13.0. The molecule has 0 aliphatic carbocycles. The van der Waals surface area contributed by atoms with Crippen molar-refractivity contribution in [1.82, 2.24) is 9.38 Å². The molecule has 0 radical (unpaired) electrons. The number of pyridine rings is 1. The molecular weight excluding hydrogens is 483 g/mol. The fraction of sp³-hybridized carbons (Fsp3) is 0.407. The first kappa shape index (κ1) is 24.7. The number of nitrogens with zero attached hydrogens (tertiary/aromatic N) is 2. The smallest absolute Gasteiger partial charge is 0.261 e. The maximum absolute atomic E-state index is 15.6. The second-order valence-corrected chi connectivity index (χ2v) is 9.83. The lowest BCUT2D eigenvalue weighted by molar-refractivity contribution is -0.0699. The third-order valence-electron chi connectivity index (χ3n) is 6.45. The molecule has 7 nitrogen and oxygen atoms in total. The number of para-hydroxylation sites is 1. The van der Waals surface area contributed by atoms with Crippen LogP contribution in [-0.2, 0) is 22.3 Å². The van der Waals surface area contributed by atoms with Crippen LogP contribution in [0.2, 0.25) is 0 Å². The van der Waals surface area contributed by atoms with Gasteiger partial charge >= 0.3 is 0 Å². The molecule has 0 bridgehead atoms. The second kappa shape index (κ2) is 10.9. The predicted octanol–water partition coefficient (Wildman–Crippen LogP) is 5.60. The van der Waals surface area contributed by atoms with E-state index < -0.39 is 5.95 Å². The van der Waals surface area contributed by atoms with E-state index in [4.69, 9.17) is 18.6 Å². The van der Waals surface area contributed by atoms with Crippen molar-refractivity contribution >= 4 is 16.2 Å². The normalized spacial score (nSPS) is 15.4.